The van der Waals surface area contributed by atoms with Crippen molar-refractivity contribution in [1.29, 1.82) is 0 Å². The lowest BCUT2D eigenvalue weighted by atomic mass is 10.0. The van der Waals surface area contributed by atoms with Crippen LogP contribution >= 0.6 is 0 Å². The van der Waals surface area contributed by atoms with E-state index in [2.05, 4.69) is 20.3 Å². The molecule has 43 heavy (non-hydrogen) atoms. The van der Waals surface area contributed by atoms with Crippen molar-refractivity contribution in [1.82, 2.24) is 19.9 Å². The molecular weight excluding hydrogens is 569 g/mol. The number of alkyl halides is 2. The van der Waals surface area contributed by atoms with Crippen molar-refractivity contribution in [3.63, 3.8) is 0 Å². The first-order chi connectivity index (χ1) is 20.3. The largest absolute Gasteiger partial charge is 0.508 e. The minimum Gasteiger partial charge on any atom is -0.508 e. The Morgan fingerprint density at radius 1 is 1.05 bits per heavy atom. The van der Waals surface area contributed by atoms with Gasteiger partial charge in [-0.15, -0.1) is 0 Å². The maximum atomic E-state index is 14.9. The average Bonchev–Trinajstić information content (AvgIpc) is 2.94. The molecule has 0 aliphatic heterocycles. The van der Waals surface area contributed by atoms with Gasteiger partial charge in [0.15, 0.2) is 0 Å². The number of anilines is 3. The Morgan fingerprint density at radius 3 is 2.33 bits per heavy atom. The van der Waals surface area contributed by atoms with E-state index in [1.807, 2.05) is 6.07 Å². The molecule has 0 fully saturated rings. The number of hydrogen-bond acceptors (Lipinski definition) is 9. The van der Waals surface area contributed by atoms with Crippen molar-refractivity contribution in [2.24, 2.45) is 0 Å². The van der Waals surface area contributed by atoms with Gasteiger partial charge in [0.05, 0.1) is 35.4 Å². The van der Waals surface area contributed by atoms with Crippen LogP contribution in [0.25, 0.3) is 10.9 Å². The summed E-state index contributed by atoms with van der Waals surface area (Å²) in [6, 6.07) is 8.05. The van der Waals surface area contributed by atoms with Crippen LogP contribution in [0.15, 0.2) is 42.6 Å². The first-order valence-electron chi connectivity index (χ1n) is 12.8. The molecule has 4 aromatic rings. The highest BCUT2D eigenvalue weighted by Crippen LogP contribution is 2.35. The second kappa shape index (κ2) is 13.7. The van der Waals surface area contributed by atoms with Gasteiger partial charge in [0, 0.05) is 43.3 Å². The first kappa shape index (κ1) is 32.4. The average molecular weight is 601 g/mol. The highest BCUT2D eigenvalue weighted by Gasteiger charge is 2.23. The van der Waals surface area contributed by atoms with Crippen molar-refractivity contribution >= 4 is 40.5 Å². The number of amides is 1. The number of carboxylic acid groups (broad SMARTS) is 1. The lowest BCUT2D eigenvalue weighted by Gasteiger charge is -2.22. The molecule has 2 heterocycles. The van der Waals surface area contributed by atoms with Crippen LogP contribution in [0.1, 0.15) is 41.9 Å². The molecule has 0 bridgehead atoms. The number of hydrogen-bond donors (Lipinski definition) is 4. The van der Waals surface area contributed by atoms with E-state index in [0.717, 1.165) is 6.07 Å². The Bertz CT molecular complexity index is 1640. The van der Waals surface area contributed by atoms with Gasteiger partial charge in [0.2, 0.25) is 11.8 Å². The number of nitrogens with one attached hydrogen (secondary N) is 1. The van der Waals surface area contributed by atoms with Gasteiger partial charge < -0.3 is 30.4 Å². The van der Waals surface area contributed by atoms with Gasteiger partial charge in [-0.25, -0.2) is 28.1 Å². The highest BCUT2D eigenvalue weighted by atomic mass is 19.3. The molecule has 2 aromatic heterocycles. The predicted octanol–water partition coefficient (Wildman–Crippen LogP) is 5.09. The van der Waals surface area contributed by atoms with E-state index in [1.54, 1.807) is 58.1 Å². The molecule has 4 rings (SSSR count). The quantitative estimate of drug-likeness (QED) is 0.201. The fourth-order valence-electron chi connectivity index (χ4n) is 4.24. The van der Waals surface area contributed by atoms with Crippen LogP contribution in [-0.2, 0) is 16.0 Å². The van der Waals surface area contributed by atoms with Crippen molar-refractivity contribution < 1.29 is 38.1 Å². The van der Waals surface area contributed by atoms with E-state index in [9.17, 15) is 28.2 Å². The number of nitrogens with zero attached hydrogens (tertiary/aromatic N) is 5. The van der Waals surface area contributed by atoms with Gasteiger partial charge in [-0.2, -0.15) is 0 Å². The number of likely N-dealkylation sites (N-methyl/N-ethyl adjacent to an activating group) is 1. The number of fused-ring (bicyclic) bond motifs is 1. The summed E-state index contributed by atoms with van der Waals surface area (Å²) < 4.78 is 41.5. The smallest absolute Gasteiger partial charge is 0.290 e. The summed E-state index contributed by atoms with van der Waals surface area (Å²) in [5, 5.41) is 30.6. The molecule has 1 atom stereocenters. The van der Waals surface area contributed by atoms with Gasteiger partial charge in [0.25, 0.3) is 12.9 Å². The maximum absolute atomic E-state index is 14.9. The molecule has 11 nitrogen and oxygen atoms in total. The van der Waals surface area contributed by atoms with E-state index in [-0.39, 0.29) is 30.2 Å². The number of benzene rings is 2. The summed E-state index contributed by atoms with van der Waals surface area (Å²) in [4.78, 5) is 36.7. The number of carbonyl (C=O) groups is 2. The Hall–Kier alpha value is -5.14. The van der Waals surface area contributed by atoms with Crippen LogP contribution in [0.4, 0.5) is 30.4 Å². The Morgan fingerprint density at radius 2 is 1.70 bits per heavy atom. The summed E-state index contributed by atoms with van der Waals surface area (Å²) >= 11 is 0. The third kappa shape index (κ3) is 7.58. The van der Waals surface area contributed by atoms with E-state index >= 15 is 0 Å². The summed E-state index contributed by atoms with van der Waals surface area (Å²) in [6.45, 7) is 3.02. The highest BCUT2D eigenvalue weighted by molar-refractivity contribution is 5.92. The van der Waals surface area contributed by atoms with Crippen molar-refractivity contribution in [2.75, 3.05) is 31.4 Å². The Kier molecular flexibility index (Phi) is 10.3. The maximum Gasteiger partial charge on any atom is 0.290 e. The second-order valence-electron chi connectivity index (χ2n) is 9.73. The van der Waals surface area contributed by atoms with Crippen LogP contribution in [0.5, 0.6) is 11.6 Å². The molecule has 0 saturated carbocycles. The minimum atomic E-state index is -3.09. The van der Waals surface area contributed by atoms with Gasteiger partial charge in [-0.3, -0.25) is 9.59 Å². The molecule has 0 saturated heterocycles. The Balaban J connectivity index is 0.00000162. The summed E-state index contributed by atoms with van der Waals surface area (Å²) in [5.41, 5.74) is 1.24. The zero-order valence-corrected chi connectivity index (χ0v) is 24.0. The first-order valence-corrected chi connectivity index (χ1v) is 12.8. The van der Waals surface area contributed by atoms with Gasteiger partial charge in [0.1, 0.15) is 23.2 Å². The van der Waals surface area contributed by atoms with E-state index in [1.165, 1.54) is 11.1 Å². The topological polar surface area (TPSA) is 152 Å². The standard InChI is InChI=1S/C28H29F3N6O3.CH2O2/c1-14(20-11-19(38)12-22(25(20)29)26(30)31)33-27-21-10-17(6-7-23(21)34-15(2)35-27)37(5)18-8-16(28(40)32-13-18)9-24(39)36(3)4;2-1-3/h6-8,10-14,26,38H,9H2,1-5H3,(H,32,40)(H,33,34,35);1H,(H,2,3)/t14-;/m1./s1. The minimum absolute atomic E-state index is 0.0246. The van der Waals surface area contributed by atoms with E-state index in [4.69, 9.17) is 9.90 Å². The van der Waals surface area contributed by atoms with E-state index in [0.29, 0.717) is 45.5 Å². The van der Waals surface area contributed by atoms with Crippen LogP contribution in [0.2, 0.25) is 0 Å². The number of aromatic nitrogens is 3. The summed E-state index contributed by atoms with van der Waals surface area (Å²) in [7, 11) is 5.03. The zero-order valence-electron chi connectivity index (χ0n) is 24.0. The molecule has 2 aromatic carbocycles. The normalized spacial score (nSPS) is 11.5. The molecule has 14 heteroatoms. The number of halogens is 3. The number of aryl methyl sites for hydroxylation is 1. The number of phenols is 1. The molecular formula is C29H31F3N6O5. The van der Waals surface area contributed by atoms with Gasteiger partial charge >= 0.3 is 0 Å². The van der Waals surface area contributed by atoms with E-state index < -0.39 is 29.6 Å². The molecule has 0 aliphatic rings. The lowest BCUT2D eigenvalue weighted by molar-refractivity contribution is -0.128. The molecule has 0 spiro atoms. The third-order valence-corrected chi connectivity index (χ3v) is 6.50. The SMILES string of the molecule is Cc1nc(N[C@H](C)c2cc(O)cc(C(F)F)c2F)c2cc(N(C)c3cnc(O)c(CC(=O)N(C)C)c3)ccc2n1.O=CO. The molecule has 4 N–H and O–H groups in total. The van der Waals surface area contributed by atoms with Crippen LogP contribution in [0.3, 0.4) is 0 Å². The van der Waals surface area contributed by atoms with Crippen LogP contribution in [-0.4, -0.2) is 68.7 Å². The van der Waals surface area contributed by atoms with Gasteiger partial charge in [-0.05, 0) is 50.2 Å². The Labute approximate surface area is 245 Å². The summed E-state index contributed by atoms with van der Waals surface area (Å²) in [6.07, 6.45) is -1.64. The predicted molar refractivity (Wildman–Crippen MR) is 154 cm³/mol. The van der Waals surface area contributed by atoms with Crippen molar-refractivity contribution in [3.8, 4) is 11.6 Å². The van der Waals surface area contributed by atoms with Crippen LogP contribution in [0, 0.1) is 12.7 Å². The number of carbonyl (C=O) groups excluding carboxylic acids is 1. The van der Waals surface area contributed by atoms with Gasteiger partial charge in [-0.1, -0.05) is 0 Å². The molecule has 228 valence electrons. The monoisotopic (exact) mass is 600 g/mol. The summed E-state index contributed by atoms with van der Waals surface area (Å²) in [5.74, 6) is -1.22. The van der Waals surface area contributed by atoms with Crippen molar-refractivity contribution in [3.05, 3.63) is 70.9 Å². The second-order valence-corrected chi connectivity index (χ2v) is 9.73. The fraction of sp³-hybridized carbons (Fsp3) is 0.276. The number of rotatable bonds is 8. The molecule has 1 amide bonds. The lowest BCUT2D eigenvalue weighted by Crippen LogP contribution is -2.23. The molecule has 0 radical (unpaired) electrons. The molecule has 0 aliphatic carbocycles. The fourth-order valence-corrected chi connectivity index (χ4v) is 4.24. The third-order valence-electron chi connectivity index (χ3n) is 6.50. The molecule has 0 unspecified atom stereocenters. The number of phenolic OH excluding ortho intramolecular Hbond substituents is 1. The number of pyridine rings is 1. The zero-order chi connectivity index (χ0) is 32.0. The van der Waals surface area contributed by atoms with Crippen molar-refractivity contribution in [2.45, 2.75) is 32.7 Å². The number of aromatic hydroxyl groups is 2. The van der Waals surface area contributed by atoms with Crippen LogP contribution < -0.4 is 10.2 Å².